The average Bonchev–Trinajstić information content (AvgIpc) is 2.75. The van der Waals surface area contributed by atoms with Gasteiger partial charge in [0, 0.05) is 41.0 Å². The zero-order valence-electron chi connectivity index (χ0n) is 19.9. The summed E-state index contributed by atoms with van der Waals surface area (Å²) >= 11 is 0. The number of hydrogen-bond acceptors (Lipinski definition) is 10. The third kappa shape index (κ3) is 3.04. The molecule has 0 heterocycles. The van der Waals surface area contributed by atoms with E-state index in [1.807, 2.05) is 0 Å². The molecule has 0 saturated carbocycles. The minimum absolute atomic E-state index is 0.0811. The lowest BCUT2D eigenvalue weighted by Gasteiger charge is -2.49. The molecular formula is C24H26N2O10. The van der Waals surface area contributed by atoms with Crippen molar-refractivity contribution >= 4 is 23.2 Å². The fourth-order valence-electron chi connectivity index (χ4n) is 5.84. The van der Waals surface area contributed by atoms with Crippen molar-refractivity contribution in [3.8, 4) is 5.75 Å². The molecule has 1 amide bonds. The van der Waals surface area contributed by atoms with Crippen LogP contribution < -0.4 is 5.73 Å². The standard InChI is InChI=1S/C24H26N2O10/c1-7-12-10(26(35)36)5-8(23(2,3)4)17(28)15(12)19(30)16-13(7)18(29)9-6-11(27)14(22(25)33)20(31)24(9,34)21(16)32/h5,7,9,13,18,27-29,32,34H,6H2,1-4H3,(H2,25,33)/t7-,9+,13+,18+,24+/m0/s1. The van der Waals surface area contributed by atoms with Crippen LogP contribution in [0.25, 0.3) is 0 Å². The Morgan fingerprint density at radius 1 is 1.22 bits per heavy atom. The van der Waals surface area contributed by atoms with Crippen LogP contribution in [0.15, 0.2) is 28.7 Å². The van der Waals surface area contributed by atoms with Crippen LogP contribution in [0.5, 0.6) is 5.75 Å². The topological polar surface area (TPSA) is 222 Å². The van der Waals surface area contributed by atoms with Gasteiger partial charge < -0.3 is 31.3 Å². The van der Waals surface area contributed by atoms with Crippen molar-refractivity contribution in [2.45, 2.75) is 57.2 Å². The molecule has 3 aliphatic rings. The second kappa shape index (κ2) is 7.61. The molecule has 0 saturated heterocycles. The molecule has 3 aliphatic carbocycles. The summed E-state index contributed by atoms with van der Waals surface area (Å²) in [6.07, 6.45) is -2.41. The number of ketones is 2. The van der Waals surface area contributed by atoms with Crippen LogP contribution >= 0.6 is 0 Å². The van der Waals surface area contributed by atoms with Gasteiger partial charge in [-0.05, 0) is 11.3 Å². The normalized spacial score (nSPS) is 30.1. The van der Waals surface area contributed by atoms with Crippen molar-refractivity contribution < 1.29 is 44.8 Å². The maximum Gasteiger partial charge on any atom is 0.274 e. The zero-order valence-corrected chi connectivity index (χ0v) is 19.9. The van der Waals surface area contributed by atoms with Crippen LogP contribution in [-0.4, -0.2) is 59.6 Å². The number of carbonyl (C=O) groups is 3. The number of primary amides is 1. The number of aromatic hydroxyl groups is 1. The van der Waals surface area contributed by atoms with Gasteiger partial charge in [-0.2, -0.15) is 0 Å². The third-order valence-electron chi connectivity index (χ3n) is 7.58. The van der Waals surface area contributed by atoms with Gasteiger partial charge in [0.15, 0.2) is 11.4 Å². The Morgan fingerprint density at radius 3 is 2.31 bits per heavy atom. The van der Waals surface area contributed by atoms with Crippen LogP contribution in [0.1, 0.15) is 61.5 Å². The predicted molar refractivity (Wildman–Crippen MR) is 122 cm³/mol. The molecule has 0 radical (unpaired) electrons. The van der Waals surface area contributed by atoms with Gasteiger partial charge in [-0.25, -0.2) is 0 Å². The average molecular weight is 502 g/mol. The van der Waals surface area contributed by atoms with E-state index in [4.69, 9.17) is 5.73 Å². The van der Waals surface area contributed by atoms with Gasteiger partial charge in [0.1, 0.15) is 22.8 Å². The molecule has 0 bridgehead atoms. The maximum atomic E-state index is 13.7. The van der Waals surface area contributed by atoms with Gasteiger partial charge >= 0.3 is 0 Å². The van der Waals surface area contributed by atoms with Crippen molar-refractivity contribution in [2.75, 3.05) is 0 Å². The predicted octanol–water partition coefficient (Wildman–Crippen LogP) is 1.32. The Hall–Kier alpha value is -3.77. The number of fused-ring (bicyclic) bond motifs is 3. The second-order valence-electron chi connectivity index (χ2n) is 10.6. The molecule has 4 rings (SSSR count). The van der Waals surface area contributed by atoms with E-state index in [9.17, 15) is 50.0 Å². The molecule has 192 valence electrons. The summed E-state index contributed by atoms with van der Waals surface area (Å²) in [6, 6.07) is 1.16. The molecule has 0 aliphatic heterocycles. The van der Waals surface area contributed by atoms with E-state index in [0.29, 0.717) is 0 Å². The minimum atomic E-state index is -2.97. The minimum Gasteiger partial charge on any atom is -0.511 e. The molecule has 5 atom stereocenters. The molecule has 12 heteroatoms. The quantitative estimate of drug-likeness (QED) is 0.193. The smallest absolute Gasteiger partial charge is 0.274 e. The van der Waals surface area contributed by atoms with E-state index >= 15 is 0 Å². The van der Waals surface area contributed by atoms with Crippen molar-refractivity contribution in [2.24, 2.45) is 17.6 Å². The summed E-state index contributed by atoms with van der Waals surface area (Å²) in [4.78, 5) is 49.9. The highest BCUT2D eigenvalue weighted by Crippen LogP contribution is 2.57. The van der Waals surface area contributed by atoms with Gasteiger partial charge in [-0.3, -0.25) is 24.5 Å². The first kappa shape index (κ1) is 25.3. The number of nitrogens with zero attached hydrogens (tertiary/aromatic N) is 1. The molecule has 1 aromatic carbocycles. The fraction of sp³-hybridized carbons (Fsp3) is 0.458. The number of aliphatic hydroxyl groups excluding tert-OH is 3. The molecule has 12 nitrogen and oxygen atoms in total. The van der Waals surface area contributed by atoms with Crippen LogP contribution in [0.4, 0.5) is 5.69 Å². The lowest BCUT2D eigenvalue weighted by Crippen LogP contribution is -2.62. The Labute approximate surface area is 204 Å². The van der Waals surface area contributed by atoms with E-state index in [-0.39, 0.29) is 11.1 Å². The number of phenols is 1. The number of nitrogens with two attached hydrogens (primary N) is 1. The largest absolute Gasteiger partial charge is 0.511 e. The lowest BCUT2D eigenvalue weighted by atomic mass is 9.56. The molecule has 0 fully saturated rings. The van der Waals surface area contributed by atoms with Crippen LogP contribution in [0.2, 0.25) is 0 Å². The Balaban J connectivity index is 2.08. The summed E-state index contributed by atoms with van der Waals surface area (Å²) in [5.74, 6) is -10.5. The number of nitro benzene ring substituents is 1. The summed E-state index contributed by atoms with van der Waals surface area (Å²) < 4.78 is 0. The number of aliphatic hydroxyl groups is 4. The second-order valence-corrected chi connectivity index (χ2v) is 10.6. The molecular weight excluding hydrogens is 476 g/mol. The van der Waals surface area contributed by atoms with Gasteiger partial charge in [-0.15, -0.1) is 0 Å². The first-order valence-electron chi connectivity index (χ1n) is 11.2. The van der Waals surface area contributed by atoms with Gasteiger partial charge in [0.2, 0.25) is 5.78 Å². The summed E-state index contributed by atoms with van der Waals surface area (Å²) in [5, 5.41) is 67.0. The molecule has 0 spiro atoms. The van der Waals surface area contributed by atoms with Crippen molar-refractivity contribution in [1.82, 2.24) is 0 Å². The Kier molecular flexibility index (Phi) is 5.36. The van der Waals surface area contributed by atoms with Gasteiger partial charge in [0.25, 0.3) is 11.6 Å². The monoisotopic (exact) mass is 502 g/mol. The number of rotatable bonds is 2. The first-order valence-corrected chi connectivity index (χ1v) is 11.2. The number of Topliss-reactive ketones (excluding diaryl/α,β-unsaturated/α-hetero) is 2. The van der Waals surface area contributed by atoms with Gasteiger partial charge in [-0.1, -0.05) is 27.7 Å². The number of benzene rings is 1. The summed E-state index contributed by atoms with van der Waals surface area (Å²) in [5.41, 5.74) is -1.28. The molecule has 36 heavy (non-hydrogen) atoms. The van der Waals surface area contributed by atoms with Crippen LogP contribution in [0, 0.1) is 22.0 Å². The fourth-order valence-corrected chi connectivity index (χ4v) is 5.84. The number of amides is 1. The highest BCUT2D eigenvalue weighted by Gasteiger charge is 2.64. The maximum absolute atomic E-state index is 13.7. The van der Waals surface area contributed by atoms with Crippen molar-refractivity contribution in [3.63, 3.8) is 0 Å². The van der Waals surface area contributed by atoms with E-state index in [1.165, 1.54) is 6.92 Å². The van der Waals surface area contributed by atoms with E-state index in [0.717, 1.165) is 6.07 Å². The number of carbonyl (C=O) groups excluding carboxylic acids is 3. The Bertz CT molecular complexity index is 1340. The number of allylic oxidation sites excluding steroid dienone is 1. The molecule has 7 N–H and O–H groups in total. The van der Waals surface area contributed by atoms with Crippen LogP contribution in [0.3, 0.4) is 0 Å². The SMILES string of the molecule is C[C@H]1c2c([N+](=O)[O-])cc(C(C)(C)C)c(O)c2C(=O)C2=C(O)[C@]3(O)C(=O)C(C(N)=O)=C(O)C[C@@H]3[C@@H](O)[C@@H]21. The first-order chi connectivity index (χ1) is 16.5. The van der Waals surface area contributed by atoms with E-state index < -0.39 is 103 Å². The number of phenolic OH excluding ortho intramolecular Hbond substituents is 1. The molecule has 0 aromatic heterocycles. The summed E-state index contributed by atoms with van der Waals surface area (Å²) in [7, 11) is 0. The molecule has 0 unspecified atom stereocenters. The number of hydrogen-bond donors (Lipinski definition) is 6. The number of nitro groups is 1. The summed E-state index contributed by atoms with van der Waals surface area (Å²) in [6.45, 7) is 6.43. The highest BCUT2D eigenvalue weighted by atomic mass is 16.6. The third-order valence-corrected chi connectivity index (χ3v) is 7.58. The van der Waals surface area contributed by atoms with Gasteiger partial charge in [0.05, 0.1) is 16.6 Å². The highest BCUT2D eigenvalue weighted by molar-refractivity contribution is 6.24. The zero-order chi connectivity index (χ0) is 27.2. The Morgan fingerprint density at radius 2 is 1.81 bits per heavy atom. The lowest BCUT2D eigenvalue weighted by molar-refractivity contribution is -0.386. The van der Waals surface area contributed by atoms with Crippen LogP contribution in [-0.2, 0) is 15.0 Å². The van der Waals surface area contributed by atoms with Crippen molar-refractivity contribution in [1.29, 1.82) is 0 Å². The van der Waals surface area contributed by atoms with E-state index in [1.54, 1.807) is 20.8 Å². The van der Waals surface area contributed by atoms with E-state index in [2.05, 4.69) is 0 Å². The molecule has 1 aromatic rings. The van der Waals surface area contributed by atoms with Crippen molar-refractivity contribution in [3.05, 3.63) is 55.5 Å².